The van der Waals surface area contributed by atoms with Crippen molar-refractivity contribution in [3.8, 4) is 0 Å². The Morgan fingerprint density at radius 1 is 1.29 bits per heavy atom. The fraction of sp³-hybridized carbons (Fsp3) is 0.562. The maximum absolute atomic E-state index is 12.8. The normalized spacial score (nSPS) is 20.6. The van der Waals surface area contributed by atoms with E-state index in [1.807, 2.05) is 0 Å². The molecule has 0 heterocycles. The van der Waals surface area contributed by atoms with Crippen molar-refractivity contribution in [3.63, 3.8) is 0 Å². The highest BCUT2D eigenvalue weighted by Gasteiger charge is 2.36. The van der Waals surface area contributed by atoms with E-state index in [0.717, 1.165) is 24.0 Å². The van der Waals surface area contributed by atoms with E-state index in [9.17, 15) is 4.39 Å². The van der Waals surface area contributed by atoms with Gasteiger partial charge in [0, 0.05) is 12.6 Å². The molecule has 1 aromatic rings. The van der Waals surface area contributed by atoms with Gasteiger partial charge in [-0.1, -0.05) is 25.5 Å². The summed E-state index contributed by atoms with van der Waals surface area (Å²) in [5, 5.41) is 6.74. The molecule has 0 spiro atoms. The maximum atomic E-state index is 12.8. The van der Waals surface area contributed by atoms with Crippen molar-refractivity contribution in [2.45, 2.75) is 45.7 Å². The van der Waals surface area contributed by atoms with Crippen LogP contribution in [-0.4, -0.2) is 18.5 Å². The molecular weight excluding hydrogens is 380 g/mol. The van der Waals surface area contributed by atoms with Gasteiger partial charge in [-0.15, -0.1) is 24.0 Å². The van der Waals surface area contributed by atoms with E-state index in [4.69, 9.17) is 0 Å². The zero-order valence-corrected chi connectivity index (χ0v) is 15.1. The summed E-state index contributed by atoms with van der Waals surface area (Å²) in [6.07, 6.45) is 3.77. The van der Waals surface area contributed by atoms with Gasteiger partial charge in [0.15, 0.2) is 5.96 Å². The van der Waals surface area contributed by atoms with Gasteiger partial charge in [0.25, 0.3) is 0 Å². The number of hydrogen-bond acceptors (Lipinski definition) is 1. The minimum atomic E-state index is -0.205. The summed E-state index contributed by atoms with van der Waals surface area (Å²) in [4.78, 5) is 4.56. The van der Waals surface area contributed by atoms with E-state index in [1.54, 1.807) is 12.1 Å². The van der Waals surface area contributed by atoms with Crippen molar-refractivity contribution >= 4 is 29.9 Å². The van der Waals surface area contributed by atoms with Crippen molar-refractivity contribution in [2.75, 3.05) is 6.54 Å². The number of benzene rings is 1. The van der Waals surface area contributed by atoms with Gasteiger partial charge in [0.05, 0.1) is 6.54 Å². The number of hydrogen-bond donors (Lipinski definition) is 2. The lowest BCUT2D eigenvalue weighted by atomic mass is 10.2. The van der Waals surface area contributed by atoms with Gasteiger partial charge in [-0.2, -0.15) is 0 Å². The lowest BCUT2D eigenvalue weighted by Gasteiger charge is -2.11. The first kappa shape index (κ1) is 18.2. The molecule has 1 aromatic carbocycles. The number of aliphatic imine (C=N–C) groups is 1. The average Bonchev–Trinajstić information content (AvgIpc) is 3.16. The summed E-state index contributed by atoms with van der Waals surface area (Å²) in [7, 11) is 0. The van der Waals surface area contributed by atoms with Crippen LogP contribution in [0.5, 0.6) is 0 Å². The summed E-state index contributed by atoms with van der Waals surface area (Å²) in [6.45, 7) is 5.70. The largest absolute Gasteiger partial charge is 0.357 e. The first-order valence-electron chi connectivity index (χ1n) is 7.52. The van der Waals surface area contributed by atoms with Crippen LogP contribution in [0.2, 0.25) is 0 Å². The Morgan fingerprint density at radius 3 is 2.62 bits per heavy atom. The second-order valence-corrected chi connectivity index (χ2v) is 5.36. The van der Waals surface area contributed by atoms with Crippen molar-refractivity contribution < 1.29 is 4.39 Å². The molecule has 1 aliphatic carbocycles. The second kappa shape index (κ2) is 9.23. The van der Waals surface area contributed by atoms with Crippen LogP contribution in [0.4, 0.5) is 4.39 Å². The molecule has 0 amide bonds. The van der Waals surface area contributed by atoms with Gasteiger partial charge in [-0.25, -0.2) is 9.38 Å². The Morgan fingerprint density at radius 2 is 2.00 bits per heavy atom. The zero-order chi connectivity index (χ0) is 14.4. The molecule has 1 saturated carbocycles. The van der Waals surface area contributed by atoms with Gasteiger partial charge in [-0.05, 0) is 43.4 Å². The summed E-state index contributed by atoms with van der Waals surface area (Å²) in [6, 6.07) is 7.08. The molecule has 5 heteroatoms. The highest BCUT2D eigenvalue weighted by Crippen LogP contribution is 2.34. The van der Waals surface area contributed by atoms with Crippen LogP contribution < -0.4 is 10.6 Å². The van der Waals surface area contributed by atoms with E-state index in [0.29, 0.717) is 12.6 Å². The SMILES string of the molecule is CCCC1CC1NC(=NCc1ccc(F)cc1)NCC.I. The van der Waals surface area contributed by atoms with E-state index >= 15 is 0 Å². The minimum Gasteiger partial charge on any atom is -0.357 e. The van der Waals surface area contributed by atoms with Crippen molar-refractivity contribution in [1.29, 1.82) is 0 Å². The lowest BCUT2D eigenvalue weighted by molar-refractivity contribution is 0.627. The molecule has 0 saturated heterocycles. The molecule has 0 aromatic heterocycles. The molecular formula is C16H25FIN3. The highest BCUT2D eigenvalue weighted by atomic mass is 127. The molecule has 1 fully saturated rings. The Hall–Kier alpha value is -0.850. The van der Waals surface area contributed by atoms with Crippen LogP contribution in [0, 0.1) is 11.7 Å². The number of nitrogens with one attached hydrogen (secondary N) is 2. The topological polar surface area (TPSA) is 36.4 Å². The van der Waals surface area contributed by atoms with Gasteiger partial charge >= 0.3 is 0 Å². The third kappa shape index (κ3) is 6.20. The molecule has 0 radical (unpaired) electrons. The summed E-state index contributed by atoms with van der Waals surface area (Å²) in [5.74, 6) is 1.46. The number of guanidine groups is 1. The Balaban J connectivity index is 0.00000220. The molecule has 3 nitrogen and oxygen atoms in total. The molecule has 21 heavy (non-hydrogen) atoms. The molecule has 2 N–H and O–H groups in total. The quantitative estimate of drug-likeness (QED) is 0.430. The van der Waals surface area contributed by atoms with Crippen LogP contribution in [0.15, 0.2) is 29.3 Å². The van der Waals surface area contributed by atoms with E-state index < -0.39 is 0 Å². The molecule has 0 aliphatic heterocycles. The summed E-state index contributed by atoms with van der Waals surface area (Å²) >= 11 is 0. The van der Waals surface area contributed by atoms with E-state index in [2.05, 4.69) is 29.5 Å². The third-order valence-corrected chi connectivity index (χ3v) is 3.58. The zero-order valence-electron chi connectivity index (χ0n) is 12.7. The highest BCUT2D eigenvalue weighted by molar-refractivity contribution is 14.0. The van der Waals surface area contributed by atoms with Crippen molar-refractivity contribution in [3.05, 3.63) is 35.6 Å². The molecule has 2 unspecified atom stereocenters. The Bertz CT molecular complexity index is 447. The van der Waals surface area contributed by atoms with Crippen LogP contribution >= 0.6 is 24.0 Å². The number of rotatable bonds is 6. The minimum absolute atomic E-state index is 0. The predicted octanol–water partition coefficient (Wildman–Crippen LogP) is 3.69. The summed E-state index contributed by atoms with van der Waals surface area (Å²) in [5.41, 5.74) is 1.02. The van der Waals surface area contributed by atoms with Crippen molar-refractivity contribution in [2.24, 2.45) is 10.9 Å². The van der Waals surface area contributed by atoms with E-state index in [1.165, 1.54) is 31.4 Å². The maximum Gasteiger partial charge on any atom is 0.191 e. The van der Waals surface area contributed by atoms with Crippen LogP contribution in [0.25, 0.3) is 0 Å². The molecule has 1 aliphatic rings. The van der Waals surface area contributed by atoms with Gasteiger partial charge in [0.1, 0.15) is 5.82 Å². The average molecular weight is 405 g/mol. The molecule has 0 bridgehead atoms. The van der Waals surface area contributed by atoms with Crippen LogP contribution in [0.1, 0.15) is 38.7 Å². The lowest BCUT2D eigenvalue weighted by Crippen LogP contribution is -2.39. The Labute approximate surface area is 143 Å². The van der Waals surface area contributed by atoms with Gasteiger partial charge in [0.2, 0.25) is 0 Å². The summed E-state index contributed by atoms with van der Waals surface area (Å²) < 4.78 is 12.8. The van der Waals surface area contributed by atoms with Crippen LogP contribution in [0.3, 0.4) is 0 Å². The van der Waals surface area contributed by atoms with Crippen molar-refractivity contribution in [1.82, 2.24) is 10.6 Å². The number of halogens is 2. The predicted molar refractivity (Wildman–Crippen MR) is 96.6 cm³/mol. The first-order valence-corrected chi connectivity index (χ1v) is 7.52. The Kier molecular flexibility index (Phi) is 8.00. The fourth-order valence-electron chi connectivity index (χ4n) is 2.37. The molecule has 118 valence electrons. The fourth-order valence-corrected chi connectivity index (χ4v) is 2.37. The van der Waals surface area contributed by atoms with E-state index in [-0.39, 0.29) is 29.8 Å². The first-order chi connectivity index (χ1) is 9.72. The smallest absolute Gasteiger partial charge is 0.191 e. The molecule has 2 atom stereocenters. The van der Waals surface area contributed by atoms with Crippen LogP contribution in [-0.2, 0) is 6.54 Å². The third-order valence-electron chi connectivity index (χ3n) is 3.58. The number of nitrogens with zero attached hydrogens (tertiary/aromatic N) is 1. The van der Waals surface area contributed by atoms with Gasteiger partial charge in [-0.3, -0.25) is 0 Å². The van der Waals surface area contributed by atoms with Gasteiger partial charge < -0.3 is 10.6 Å². The second-order valence-electron chi connectivity index (χ2n) is 5.36. The molecule has 2 rings (SSSR count). The standard InChI is InChI=1S/C16H24FN3.HI/c1-3-5-13-10-15(13)20-16(18-4-2)19-11-12-6-8-14(17)9-7-12;/h6-9,13,15H,3-5,10-11H2,1-2H3,(H2,18,19,20);1H. The monoisotopic (exact) mass is 405 g/mol.